The Morgan fingerprint density at radius 3 is 2.74 bits per heavy atom. The van der Waals surface area contributed by atoms with E-state index in [-0.39, 0.29) is 18.9 Å². The highest BCUT2D eigenvalue weighted by Crippen LogP contribution is 2.38. The molecule has 1 saturated heterocycles. The van der Waals surface area contributed by atoms with Crippen molar-refractivity contribution >= 4 is 27.8 Å². The number of rotatable bonds is 4. The molecule has 7 nitrogen and oxygen atoms in total. The lowest BCUT2D eigenvalue weighted by atomic mass is 9.93. The number of carbonyl (C=O) groups is 2. The van der Waals surface area contributed by atoms with Crippen LogP contribution in [0.2, 0.25) is 0 Å². The van der Waals surface area contributed by atoms with Gasteiger partial charge in [0.2, 0.25) is 0 Å². The van der Waals surface area contributed by atoms with E-state index >= 15 is 0 Å². The standard InChI is InChI=1S/C15H16BrNO6/c16-10-5-9(6-11-13(10)23-4-3-22-11)14(20)17-15(7-12(18)19)1-2-21-8-15/h5-6H,1-4,7-8H2,(H,17,20)(H,18,19). The highest BCUT2D eigenvalue weighted by Gasteiger charge is 2.39. The molecule has 3 rings (SSSR count). The molecule has 0 aliphatic carbocycles. The van der Waals surface area contributed by atoms with Crippen LogP contribution in [0.4, 0.5) is 0 Å². The molecule has 0 radical (unpaired) electrons. The SMILES string of the molecule is O=C(O)CC1(NC(=O)c2cc(Br)c3c(c2)OCCO3)CCOC1. The van der Waals surface area contributed by atoms with E-state index in [4.69, 9.17) is 19.3 Å². The van der Waals surface area contributed by atoms with E-state index in [1.165, 1.54) is 0 Å². The molecule has 2 heterocycles. The quantitative estimate of drug-likeness (QED) is 0.816. The average molecular weight is 386 g/mol. The van der Waals surface area contributed by atoms with Gasteiger partial charge in [-0.25, -0.2) is 0 Å². The van der Waals surface area contributed by atoms with Crippen LogP contribution in [-0.2, 0) is 9.53 Å². The largest absolute Gasteiger partial charge is 0.486 e. The molecule has 23 heavy (non-hydrogen) atoms. The number of fused-ring (bicyclic) bond motifs is 1. The molecule has 2 aliphatic heterocycles. The maximum Gasteiger partial charge on any atom is 0.305 e. The summed E-state index contributed by atoms with van der Waals surface area (Å²) >= 11 is 3.36. The lowest BCUT2D eigenvalue weighted by molar-refractivity contribution is -0.138. The molecular weight excluding hydrogens is 370 g/mol. The second kappa shape index (κ2) is 6.37. The topological polar surface area (TPSA) is 94.1 Å². The van der Waals surface area contributed by atoms with Crippen molar-refractivity contribution in [3.8, 4) is 11.5 Å². The number of hydrogen-bond acceptors (Lipinski definition) is 5. The first-order valence-corrected chi connectivity index (χ1v) is 8.00. The van der Waals surface area contributed by atoms with Crippen LogP contribution in [0.1, 0.15) is 23.2 Å². The maximum absolute atomic E-state index is 12.5. The lowest BCUT2D eigenvalue weighted by Gasteiger charge is -2.27. The van der Waals surface area contributed by atoms with Crippen molar-refractivity contribution in [2.24, 2.45) is 0 Å². The van der Waals surface area contributed by atoms with Crippen molar-refractivity contribution in [3.05, 3.63) is 22.2 Å². The van der Waals surface area contributed by atoms with E-state index in [1.54, 1.807) is 12.1 Å². The summed E-state index contributed by atoms with van der Waals surface area (Å²) in [7, 11) is 0. The summed E-state index contributed by atoms with van der Waals surface area (Å²) < 4.78 is 16.9. The Balaban J connectivity index is 1.82. The average Bonchev–Trinajstić information content (AvgIpc) is 2.94. The van der Waals surface area contributed by atoms with Crippen LogP contribution in [0.15, 0.2) is 16.6 Å². The number of ether oxygens (including phenoxy) is 3. The highest BCUT2D eigenvalue weighted by molar-refractivity contribution is 9.10. The molecular formula is C15H16BrNO6. The van der Waals surface area contributed by atoms with Crippen LogP contribution in [0.3, 0.4) is 0 Å². The van der Waals surface area contributed by atoms with Gasteiger partial charge in [-0.3, -0.25) is 9.59 Å². The summed E-state index contributed by atoms with van der Waals surface area (Å²) in [4.78, 5) is 23.6. The fraction of sp³-hybridized carbons (Fsp3) is 0.467. The molecule has 1 amide bonds. The van der Waals surface area contributed by atoms with Gasteiger partial charge in [0.05, 0.1) is 23.0 Å². The Morgan fingerprint density at radius 2 is 2.04 bits per heavy atom. The van der Waals surface area contributed by atoms with E-state index in [2.05, 4.69) is 21.2 Å². The first kappa shape index (κ1) is 16.1. The number of carboxylic acid groups (broad SMARTS) is 1. The summed E-state index contributed by atoms with van der Waals surface area (Å²) in [6.07, 6.45) is 0.293. The first-order chi connectivity index (χ1) is 11.0. The van der Waals surface area contributed by atoms with Gasteiger partial charge in [0, 0.05) is 12.2 Å². The molecule has 124 valence electrons. The van der Waals surface area contributed by atoms with Gasteiger partial charge in [-0.1, -0.05) is 0 Å². The zero-order valence-corrected chi connectivity index (χ0v) is 13.8. The minimum atomic E-state index is -0.973. The van der Waals surface area contributed by atoms with Gasteiger partial charge in [0.1, 0.15) is 13.2 Å². The molecule has 0 aromatic heterocycles. The van der Waals surface area contributed by atoms with Gasteiger partial charge >= 0.3 is 5.97 Å². The van der Waals surface area contributed by atoms with Gasteiger partial charge < -0.3 is 24.6 Å². The summed E-state index contributed by atoms with van der Waals surface area (Å²) in [5.41, 5.74) is -0.499. The molecule has 2 aliphatic rings. The zero-order valence-electron chi connectivity index (χ0n) is 12.3. The second-order valence-electron chi connectivity index (χ2n) is 5.59. The van der Waals surface area contributed by atoms with E-state index in [0.717, 1.165) is 0 Å². The molecule has 2 N–H and O–H groups in total. The smallest absolute Gasteiger partial charge is 0.305 e. The van der Waals surface area contributed by atoms with Crippen molar-refractivity contribution in [2.75, 3.05) is 26.4 Å². The van der Waals surface area contributed by atoms with Crippen molar-refractivity contribution in [2.45, 2.75) is 18.4 Å². The summed E-state index contributed by atoms with van der Waals surface area (Å²) in [5.74, 6) is -0.281. The summed E-state index contributed by atoms with van der Waals surface area (Å²) in [6.45, 7) is 1.49. The predicted molar refractivity (Wildman–Crippen MR) is 83.0 cm³/mol. The molecule has 0 saturated carbocycles. The van der Waals surface area contributed by atoms with E-state index in [1.807, 2.05) is 0 Å². The molecule has 1 fully saturated rings. The fourth-order valence-corrected chi connectivity index (χ4v) is 3.29. The van der Waals surface area contributed by atoms with Crippen molar-refractivity contribution in [1.29, 1.82) is 0 Å². The number of carboxylic acids is 1. The number of carbonyl (C=O) groups excluding carboxylic acids is 1. The predicted octanol–water partition coefficient (Wildman–Crippen LogP) is 1.58. The van der Waals surface area contributed by atoms with Crippen LogP contribution < -0.4 is 14.8 Å². The minimum Gasteiger partial charge on any atom is -0.486 e. The zero-order chi connectivity index (χ0) is 16.4. The third-order valence-corrected chi connectivity index (χ3v) is 4.42. The van der Waals surface area contributed by atoms with E-state index in [9.17, 15) is 9.59 Å². The van der Waals surface area contributed by atoms with Crippen molar-refractivity contribution < 1.29 is 28.9 Å². The van der Waals surface area contributed by atoms with Crippen LogP contribution in [0, 0.1) is 0 Å². The molecule has 0 bridgehead atoms. The van der Waals surface area contributed by atoms with Crippen molar-refractivity contribution in [3.63, 3.8) is 0 Å². The van der Waals surface area contributed by atoms with Crippen molar-refractivity contribution in [1.82, 2.24) is 5.32 Å². The van der Waals surface area contributed by atoms with Gasteiger partial charge in [0.25, 0.3) is 5.91 Å². The molecule has 1 aromatic carbocycles. The van der Waals surface area contributed by atoms with Gasteiger partial charge in [-0.05, 0) is 34.5 Å². The van der Waals surface area contributed by atoms with Crippen LogP contribution in [0.5, 0.6) is 11.5 Å². The molecule has 1 unspecified atom stereocenters. The first-order valence-electron chi connectivity index (χ1n) is 7.20. The van der Waals surface area contributed by atoms with Crippen LogP contribution in [-0.4, -0.2) is 48.9 Å². The Labute approximate surface area is 141 Å². The van der Waals surface area contributed by atoms with Gasteiger partial charge in [-0.2, -0.15) is 0 Å². The maximum atomic E-state index is 12.5. The van der Waals surface area contributed by atoms with Gasteiger partial charge in [0.15, 0.2) is 11.5 Å². The second-order valence-corrected chi connectivity index (χ2v) is 6.44. The normalized spacial score (nSPS) is 22.7. The number of benzene rings is 1. The van der Waals surface area contributed by atoms with E-state index in [0.29, 0.717) is 47.8 Å². The number of amides is 1. The Morgan fingerprint density at radius 1 is 1.26 bits per heavy atom. The number of hydrogen-bond donors (Lipinski definition) is 2. The van der Waals surface area contributed by atoms with Gasteiger partial charge in [-0.15, -0.1) is 0 Å². The number of nitrogens with one attached hydrogen (secondary N) is 1. The lowest BCUT2D eigenvalue weighted by Crippen LogP contribution is -2.50. The van der Waals surface area contributed by atoms with Crippen LogP contribution >= 0.6 is 15.9 Å². The fourth-order valence-electron chi connectivity index (χ4n) is 2.73. The van der Waals surface area contributed by atoms with Crippen LogP contribution in [0.25, 0.3) is 0 Å². The molecule has 1 aromatic rings. The van der Waals surface area contributed by atoms with E-state index < -0.39 is 11.5 Å². The molecule has 1 atom stereocenters. The number of halogens is 1. The summed E-state index contributed by atoms with van der Waals surface area (Å²) in [5, 5.41) is 11.9. The minimum absolute atomic E-state index is 0.176. The number of aliphatic carboxylic acids is 1. The third kappa shape index (κ3) is 3.42. The molecule has 8 heteroatoms. The molecule has 0 spiro atoms. The Bertz CT molecular complexity index is 641. The Kier molecular flexibility index (Phi) is 4.45. The highest BCUT2D eigenvalue weighted by atomic mass is 79.9. The monoisotopic (exact) mass is 385 g/mol. The third-order valence-electron chi connectivity index (χ3n) is 3.83. The summed E-state index contributed by atoms with van der Waals surface area (Å²) in [6, 6.07) is 3.23. The Hall–Kier alpha value is -1.80.